The number of nitrogens with one attached hydrogen (secondary N) is 1. The number of sulfonamides is 1. The molecule has 30 heavy (non-hydrogen) atoms. The third kappa shape index (κ3) is 4.89. The highest BCUT2D eigenvalue weighted by Gasteiger charge is 2.27. The van der Waals surface area contributed by atoms with Crippen LogP contribution in [0.3, 0.4) is 0 Å². The summed E-state index contributed by atoms with van der Waals surface area (Å²) in [7, 11) is -5.18. The molecular weight excluding hydrogens is 426 g/mol. The fourth-order valence-corrected chi connectivity index (χ4v) is 5.30. The number of carbonyl (C=O) groups is 1. The second-order valence-electron chi connectivity index (χ2n) is 7.44. The number of carbonyl (C=O) groups excluding carboxylic acids is 1. The molecule has 0 saturated carbocycles. The average Bonchev–Trinajstić information content (AvgIpc) is 2.68. The van der Waals surface area contributed by atoms with Crippen LogP contribution in [-0.4, -0.2) is 71.4 Å². The number of aryl methyl sites for hydroxylation is 1. The lowest BCUT2D eigenvalue weighted by molar-refractivity contribution is 0.102. The van der Waals surface area contributed by atoms with E-state index in [1.807, 2.05) is 7.05 Å². The predicted octanol–water partition coefficient (Wildman–Crippen LogP) is 1.59. The molecule has 1 N–H and O–H groups in total. The summed E-state index contributed by atoms with van der Waals surface area (Å²) in [5.74, 6) is -0.507. The molecule has 1 fully saturated rings. The van der Waals surface area contributed by atoms with Crippen LogP contribution in [0.5, 0.6) is 0 Å². The lowest BCUT2D eigenvalue weighted by atomic mass is 10.1. The molecule has 0 unspecified atom stereocenters. The van der Waals surface area contributed by atoms with Crippen LogP contribution in [0.2, 0.25) is 0 Å². The number of nitrogens with zero attached hydrogens (tertiary/aromatic N) is 2. The van der Waals surface area contributed by atoms with Crippen molar-refractivity contribution in [3.05, 3.63) is 53.6 Å². The number of anilines is 1. The highest BCUT2D eigenvalue weighted by Crippen LogP contribution is 2.22. The molecule has 1 amide bonds. The summed E-state index contributed by atoms with van der Waals surface area (Å²) >= 11 is 0. The lowest BCUT2D eigenvalue weighted by Gasteiger charge is -2.31. The second-order valence-corrected chi connectivity index (χ2v) is 11.4. The van der Waals surface area contributed by atoms with Gasteiger partial charge < -0.3 is 10.2 Å². The Balaban J connectivity index is 1.85. The van der Waals surface area contributed by atoms with Crippen molar-refractivity contribution in [1.82, 2.24) is 9.21 Å². The van der Waals surface area contributed by atoms with E-state index in [2.05, 4.69) is 10.2 Å². The Labute approximate surface area is 177 Å². The fourth-order valence-electron chi connectivity index (χ4n) is 3.19. The highest BCUT2D eigenvalue weighted by atomic mass is 32.2. The van der Waals surface area contributed by atoms with Crippen molar-refractivity contribution in [3.63, 3.8) is 0 Å². The van der Waals surface area contributed by atoms with Gasteiger partial charge >= 0.3 is 0 Å². The van der Waals surface area contributed by atoms with Gasteiger partial charge in [-0.05, 0) is 49.9 Å². The summed E-state index contributed by atoms with van der Waals surface area (Å²) in [6.07, 6.45) is 1.08. The molecule has 1 saturated heterocycles. The van der Waals surface area contributed by atoms with Gasteiger partial charge in [-0.15, -0.1) is 0 Å². The second kappa shape index (κ2) is 8.46. The van der Waals surface area contributed by atoms with Gasteiger partial charge in [-0.1, -0.05) is 12.1 Å². The van der Waals surface area contributed by atoms with Gasteiger partial charge in [0.05, 0.1) is 9.79 Å². The van der Waals surface area contributed by atoms with Gasteiger partial charge in [0.25, 0.3) is 5.91 Å². The molecule has 1 heterocycles. The zero-order chi connectivity index (χ0) is 22.1. The van der Waals surface area contributed by atoms with Crippen molar-refractivity contribution in [2.24, 2.45) is 0 Å². The number of benzene rings is 2. The molecule has 0 spiro atoms. The Hall–Kier alpha value is -2.27. The van der Waals surface area contributed by atoms with Crippen molar-refractivity contribution in [2.45, 2.75) is 16.7 Å². The normalized spacial score (nSPS) is 16.4. The first kappa shape index (κ1) is 22.4. The third-order valence-corrected chi connectivity index (χ3v) is 8.08. The first-order valence-corrected chi connectivity index (χ1v) is 12.7. The van der Waals surface area contributed by atoms with Crippen LogP contribution in [-0.2, 0) is 19.9 Å². The van der Waals surface area contributed by atoms with E-state index in [1.54, 1.807) is 25.1 Å². The molecule has 0 bridgehead atoms. The van der Waals surface area contributed by atoms with Gasteiger partial charge in [-0.2, -0.15) is 4.31 Å². The molecule has 162 valence electrons. The highest BCUT2D eigenvalue weighted by molar-refractivity contribution is 7.90. The summed E-state index contributed by atoms with van der Waals surface area (Å²) in [5.41, 5.74) is 1.14. The molecule has 0 aromatic heterocycles. The summed E-state index contributed by atoms with van der Waals surface area (Å²) in [6.45, 7) is 3.84. The van der Waals surface area contributed by atoms with Gasteiger partial charge in [0.15, 0.2) is 9.84 Å². The van der Waals surface area contributed by atoms with Gasteiger partial charge in [0.2, 0.25) is 10.0 Å². The van der Waals surface area contributed by atoms with E-state index >= 15 is 0 Å². The van der Waals surface area contributed by atoms with E-state index < -0.39 is 25.8 Å². The number of amides is 1. The van der Waals surface area contributed by atoms with Crippen LogP contribution in [0.25, 0.3) is 0 Å². The van der Waals surface area contributed by atoms with E-state index in [1.165, 1.54) is 28.6 Å². The number of hydrogen-bond donors (Lipinski definition) is 1. The van der Waals surface area contributed by atoms with Crippen LogP contribution >= 0.6 is 0 Å². The number of likely N-dealkylation sites (N-methyl/N-ethyl adjacent to an activating group) is 1. The monoisotopic (exact) mass is 451 g/mol. The van der Waals surface area contributed by atoms with Crippen LogP contribution in [0, 0.1) is 6.92 Å². The molecule has 0 atom stereocenters. The topological polar surface area (TPSA) is 104 Å². The van der Waals surface area contributed by atoms with E-state index in [-0.39, 0.29) is 15.4 Å². The first-order chi connectivity index (χ1) is 14.0. The molecule has 10 heteroatoms. The molecule has 8 nitrogen and oxygen atoms in total. The SMILES string of the molecule is Cc1ccc(S(C)(=O)=O)cc1C(=O)Nc1cccc(S(=O)(=O)N2CCN(C)CC2)c1. The Morgan fingerprint density at radius 2 is 1.60 bits per heavy atom. The Bertz CT molecular complexity index is 1170. The van der Waals surface area contributed by atoms with Crippen molar-refractivity contribution in [2.75, 3.05) is 44.8 Å². The zero-order valence-corrected chi connectivity index (χ0v) is 18.8. The van der Waals surface area contributed by atoms with E-state index in [9.17, 15) is 21.6 Å². The van der Waals surface area contributed by atoms with Crippen LogP contribution in [0.1, 0.15) is 15.9 Å². The summed E-state index contributed by atoms with van der Waals surface area (Å²) in [5, 5.41) is 2.68. The fraction of sp³-hybridized carbons (Fsp3) is 0.350. The maximum Gasteiger partial charge on any atom is 0.255 e. The minimum atomic E-state index is -3.67. The molecule has 2 aromatic rings. The standard InChI is InChI=1S/C20H25N3O5S2/c1-15-7-8-17(29(3,25)26)14-19(15)20(24)21-16-5-4-6-18(13-16)30(27,28)23-11-9-22(2)10-12-23/h4-8,13-14H,9-12H2,1-3H3,(H,21,24). The molecule has 1 aliphatic rings. The number of rotatable bonds is 5. The number of piperazine rings is 1. The predicted molar refractivity (Wildman–Crippen MR) is 115 cm³/mol. The molecule has 1 aliphatic heterocycles. The lowest BCUT2D eigenvalue weighted by Crippen LogP contribution is -2.47. The minimum absolute atomic E-state index is 0.0460. The van der Waals surface area contributed by atoms with Crippen LogP contribution in [0.15, 0.2) is 52.3 Å². The summed E-state index contributed by atoms with van der Waals surface area (Å²) < 4.78 is 50.9. The van der Waals surface area contributed by atoms with Crippen LogP contribution in [0.4, 0.5) is 5.69 Å². The van der Waals surface area contributed by atoms with Gasteiger partial charge in [0.1, 0.15) is 0 Å². The van der Waals surface area contributed by atoms with Crippen LogP contribution < -0.4 is 5.32 Å². The van der Waals surface area contributed by atoms with Crippen molar-refractivity contribution < 1.29 is 21.6 Å². The summed E-state index contributed by atoms with van der Waals surface area (Å²) in [6, 6.07) is 10.4. The molecule has 0 aliphatic carbocycles. The maximum atomic E-state index is 12.9. The largest absolute Gasteiger partial charge is 0.322 e. The average molecular weight is 452 g/mol. The first-order valence-electron chi connectivity index (χ1n) is 9.39. The van der Waals surface area contributed by atoms with E-state index in [4.69, 9.17) is 0 Å². The summed E-state index contributed by atoms with van der Waals surface area (Å²) in [4.78, 5) is 15.0. The van der Waals surface area contributed by atoms with Crippen molar-refractivity contribution >= 4 is 31.5 Å². The molecular formula is C20H25N3O5S2. The molecule has 3 rings (SSSR count). The smallest absolute Gasteiger partial charge is 0.255 e. The minimum Gasteiger partial charge on any atom is -0.322 e. The molecule has 0 radical (unpaired) electrons. The maximum absolute atomic E-state index is 12.9. The molecule has 2 aromatic carbocycles. The Morgan fingerprint density at radius 3 is 2.23 bits per heavy atom. The van der Waals surface area contributed by atoms with Crippen molar-refractivity contribution in [1.29, 1.82) is 0 Å². The number of hydrogen-bond acceptors (Lipinski definition) is 6. The van der Waals surface area contributed by atoms with Crippen molar-refractivity contribution in [3.8, 4) is 0 Å². The van der Waals surface area contributed by atoms with E-state index in [0.717, 1.165) is 6.26 Å². The third-order valence-electron chi connectivity index (χ3n) is 5.07. The van der Waals surface area contributed by atoms with E-state index in [0.29, 0.717) is 37.4 Å². The van der Waals surface area contributed by atoms with Gasteiger partial charge in [-0.25, -0.2) is 16.8 Å². The Kier molecular flexibility index (Phi) is 6.32. The Morgan fingerprint density at radius 1 is 0.933 bits per heavy atom. The quantitative estimate of drug-likeness (QED) is 0.740. The van der Waals surface area contributed by atoms with Gasteiger partial charge in [0, 0.05) is 43.7 Å². The van der Waals surface area contributed by atoms with Gasteiger partial charge in [-0.3, -0.25) is 4.79 Å². The number of sulfone groups is 1. The zero-order valence-electron chi connectivity index (χ0n) is 17.1.